The van der Waals surface area contributed by atoms with Crippen LogP contribution in [0.4, 0.5) is 0 Å². The van der Waals surface area contributed by atoms with Gasteiger partial charge in [-0.05, 0) is 79.7 Å². The number of hydrogen-bond acceptors (Lipinski definition) is 2. The first-order valence-corrected chi connectivity index (χ1v) is 16.1. The number of rotatable bonds is 8. The van der Waals surface area contributed by atoms with Crippen molar-refractivity contribution in [3.05, 3.63) is 165 Å². The average Bonchev–Trinajstić information content (AvgIpc) is 3.00. The van der Waals surface area contributed by atoms with Gasteiger partial charge in [0.25, 0.3) is 5.91 Å². The zero-order valence-electron chi connectivity index (χ0n) is 21.8. The van der Waals surface area contributed by atoms with Gasteiger partial charge in [0, 0.05) is 15.5 Å². The summed E-state index contributed by atoms with van der Waals surface area (Å²) in [6.45, 7) is 2.06. The van der Waals surface area contributed by atoms with Gasteiger partial charge in [-0.15, -0.1) is 0 Å². The molecule has 0 atom stereocenters. The molecule has 1 N–H and O–H groups in total. The Morgan fingerprint density at radius 1 is 0.650 bits per heavy atom. The minimum Gasteiger partial charge on any atom is -0.290 e. The summed E-state index contributed by atoms with van der Waals surface area (Å²) in [7, 11) is -2.68. The van der Waals surface area contributed by atoms with E-state index in [1.807, 2.05) is 54.6 Å². The second-order valence-corrected chi connectivity index (χ2v) is 14.6. The van der Waals surface area contributed by atoms with E-state index in [1.54, 1.807) is 24.3 Å². The fraction of sp³-hybridized carbons (Fsp3) is 0.0294. The van der Waals surface area contributed by atoms with Crippen molar-refractivity contribution in [3.63, 3.8) is 0 Å². The topological polar surface area (TPSA) is 29.1 Å². The van der Waals surface area contributed by atoms with E-state index < -0.39 is 7.26 Å². The standard InChI is InChI=1S/C34H26Cl2NOPS/c1-25-17-23-31(24-18-25)40-32(36)34(37-33(38)26-19-21-27(35)22-20-26)39(28-11-5-2-6-12-28,29-13-7-3-8-14-29)30-15-9-4-10-16-30/h2-24H,1H3/p+1. The van der Waals surface area contributed by atoms with E-state index in [9.17, 15) is 4.79 Å². The summed E-state index contributed by atoms with van der Waals surface area (Å²) in [4.78, 5) is 14.9. The highest BCUT2D eigenvalue weighted by molar-refractivity contribution is 8.06. The quantitative estimate of drug-likeness (QED) is 0.143. The van der Waals surface area contributed by atoms with Crippen LogP contribution in [0, 0.1) is 6.92 Å². The molecule has 0 spiro atoms. The number of halogens is 2. The van der Waals surface area contributed by atoms with Gasteiger partial charge < -0.3 is 0 Å². The van der Waals surface area contributed by atoms with Gasteiger partial charge in [-0.25, -0.2) is 0 Å². The number of thioether (sulfide) groups is 1. The molecule has 0 fully saturated rings. The van der Waals surface area contributed by atoms with Crippen molar-refractivity contribution in [3.8, 4) is 0 Å². The highest BCUT2D eigenvalue weighted by atomic mass is 35.5. The maximum Gasteiger partial charge on any atom is 0.258 e. The Hall–Kier alpha value is -3.33. The average molecular weight is 600 g/mol. The molecule has 0 saturated heterocycles. The minimum absolute atomic E-state index is 0.249. The molecule has 0 aliphatic rings. The third kappa shape index (κ3) is 6.04. The first kappa shape index (κ1) is 28.2. The van der Waals surface area contributed by atoms with Gasteiger partial charge in [0.05, 0.1) is 0 Å². The maximum atomic E-state index is 13.9. The van der Waals surface area contributed by atoms with Crippen LogP contribution in [0.2, 0.25) is 5.02 Å². The maximum absolute atomic E-state index is 13.9. The van der Waals surface area contributed by atoms with Crippen LogP contribution in [0.3, 0.4) is 0 Å². The number of benzene rings is 5. The lowest BCUT2D eigenvalue weighted by atomic mass is 10.2. The molecule has 0 aliphatic heterocycles. The van der Waals surface area contributed by atoms with Gasteiger partial charge in [0.15, 0.2) is 7.26 Å². The Balaban J connectivity index is 1.80. The number of carbonyl (C=O) groups excluding carboxylic acids is 1. The first-order chi connectivity index (χ1) is 19.5. The summed E-state index contributed by atoms with van der Waals surface area (Å²) in [6.07, 6.45) is 0. The molecule has 5 aromatic carbocycles. The van der Waals surface area contributed by atoms with Gasteiger partial charge in [-0.3, -0.25) is 10.1 Å². The van der Waals surface area contributed by atoms with E-state index in [0.29, 0.717) is 20.4 Å². The Morgan fingerprint density at radius 3 is 1.55 bits per heavy atom. The number of amides is 1. The van der Waals surface area contributed by atoms with Crippen LogP contribution < -0.4 is 21.2 Å². The molecular weight excluding hydrogens is 572 g/mol. The molecular formula is C34H27Cl2NOPS+. The van der Waals surface area contributed by atoms with Crippen LogP contribution >= 0.6 is 42.2 Å². The number of hydrogen-bond donors (Lipinski definition) is 1. The van der Waals surface area contributed by atoms with Crippen molar-refractivity contribution in [2.45, 2.75) is 11.8 Å². The smallest absolute Gasteiger partial charge is 0.258 e. The Morgan fingerprint density at radius 2 is 1.10 bits per heavy atom. The van der Waals surface area contributed by atoms with Crippen molar-refractivity contribution >= 4 is 64.0 Å². The van der Waals surface area contributed by atoms with Gasteiger partial charge in [-0.1, -0.05) is 107 Å². The summed E-state index contributed by atoms with van der Waals surface area (Å²) >= 11 is 14.9. The fourth-order valence-corrected chi connectivity index (χ4v) is 10.6. The third-order valence-corrected chi connectivity index (χ3v) is 12.6. The highest BCUT2D eigenvalue weighted by Gasteiger charge is 2.52. The minimum atomic E-state index is -2.68. The van der Waals surface area contributed by atoms with Crippen molar-refractivity contribution in [2.75, 3.05) is 0 Å². The second-order valence-electron chi connectivity index (χ2n) is 9.18. The molecule has 0 heterocycles. The van der Waals surface area contributed by atoms with Crippen LogP contribution in [0.1, 0.15) is 15.9 Å². The molecule has 2 nitrogen and oxygen atoms in total. The van der Waals surface area contributed by atoms with Gasteiger partial charge >= 0.3 is 0 Å². The number of aryl methyl sites for hydroxylation is 1. The van der Waals surface area contributed by atoms with Crippen LogP contribution in [-0.2, 0) is 0 Å². The second kappa shape index (κ2) is 12.9. The molecule has 6 heteroatoms. The van der Waals surface area contributed by atoms with Crippen molar-refractivity contribution < 1.29 is 4.79 Å². The molecule has 1 amide bonds. The van der Waals surface area contributed by atoms with Crippen molar-refractivity contribution in [1.82, 2.24) is 5.32 Å². The Bertz CT molecular complexity index is 1510. The molecule has 40 heavy (non-hydrogen) atoms. The number of carbonyl (C=O) groups is 1. The molecule has 5 rings (SSSR count). The summed E-state index contributed by atoms with van der Waals surface area (Å²) in [5.41, 5.74) is 2.35. The molecule has 0 unspecified atom stereocenters. The summed E-state index contributed by atoms with van der Waals surface area (Å²) in [5.74, 6) is -0.249. The van der Waals surface area contributed by atoms with E-state index in [1.165, 1.54) is 17.3 Å². The highest BCUT2D eigenvalue weighted by Crippen LogP contribution is 2.64. The third-order valence-electron chi connectivity index (χ3n) is 6.52. The van der Waals surface area contributed by atoms with E-state index in [4.69, 9.17) is 23.2 Å². The lowest BCUT2D eigenvalue weighted by Crippen LogP contribution is -2.38. The Labute approximate surface area is 250 Å². The molecule has 0 radical (unpaired) electrons. The Kier molecular flexibility index (Phi) is 9.09. The molecule has 198 valence electrons. The van der Waals surface area contributed by atoms with Gasteiger partial charge in [0.2, 0.25) is 5.44 Å². The molecule has 5 aromatic rings. The largest absolute Gasteiger partial charge is 0.290 e. The van der Waals surface area contributed by atoms with E-state index in [-0.39, 0.29) is 5.91 Å². The monoisotopic (exact) mass is 598 g/mol. The summed E-state index contributed by atoms with van der Waals surface area (Å²) < 4.78 is 0.510. The van der Waals surface area contributed by atoms with Crippen LogP contribution in [0.15, 0.2) is 154 Å². The van der Waals surface area contributed by atoms with Crippen LogP contribution in [-0.4, -0.2) is 5.91 Å². The van der Waals surface area contributed by atoms with Crippen molar-refractivity contribution in [2.24, 2.45) is 0 Å². The molecule has 0 aliphatic carbocycles. The zero-order valence-corrected chi connectivity index (χ0v) is 25.0. The zero-order chi connectivity index (χ0) is 28.0. The van der Waals surface area contributed by atoms with E-state index in [0.717, 1.165) is 20.8 Å². The SMILES string of the molecule is Cc1ccc(SC(Cl)=C(NC(=O)c2ccc(Cl)cc2)[P+](c2ccccc2)(c2ccccc2)c2ccccc2)cc1. The molecule has 0 aromatic heterocycles. The van der Waals surface area contributed by atoms with Crippen molar-refractivity contribution in [1.29, 1.82) is 0 Å². The first-order valence-electron chi connectivity index (χ1n) is 12.8. The summed E-state index contributed by atoms with van der Waals surface area (Å²) in [6, 6.07) is 46.1. The van der Waals surface area contributed by atoms with Gasteiger partial charge in [-0.2, -0.15) is 0 Å². The summed E-state index contributed by atoms with van der Waals surface area (Å²) in [5, 5.41) is 7.14. The molecule has 0 saturated carbocycles. The predicted octanol–water partition coefficient (Wildman–Crippen LogP) is 8.53. The van der Waals surface area contributed by atoms with Crippen LogP contribution in [0.25, 0.3) is 0 Å². The van der Waals surface area contributed by atoms with E-state index >= 15 is 0 Å². The van der Waals surface area contributed by atoms with E-state index in [2.05, 4.69) is 72.9 Å². The van der Waals surface area contributed by atoms with Crippen LogP contribution in [0.5, 0.6) is 0 Å². The lowest BCUT2D eigenvalue weighted by Gasteiger charge is -2.30. The van der Waals surface area contributed by atoms with Gasteiger partial charge in [0.1, 0.15) is 20.3 Å². The normalized spacial score (nSPS) is 12.0. The lowest BCUT2D eigenvalue weighted by molar-refractivity contribution is 0.0968. The fourth-order valence-electron chi connectivity index (χ4n) is 4.59. The molecule has 0 bridgehead atoms. The number of nitrogens with one attached hydrogen (secondary N) is 1. The predicted molar refractivity (Wildman–Crippen MR) is 174 cm³/mol.